The first kappa shape index (κ1) is 53.5. The maximum absolute atomic E-state index is 13.2. The third-order valence-electron chi connectivity index (χ3n) is 11.9. The summed E-state index contributed by atoms with van der Waals surface area (Å²) in [6, 6.07) is 32.6. The molecule has 73 heavy (non-hydrogen) atoms. The molecule has 4 heterocycles. The summed E-state index contributed by atoms with van der Waals surface area (Å²) >= 11 is 0. The van der Waals surface area contributed by atoms with E-state index in [2.05, 4.69) is 41.7 Å². The highest BCUT2D eigenvalue weighted by Gasteiger charge is 2.36. The molecule has 0 fully saturated rings. The molecule has 0 saturated carbocycles. The first-order chi connectivity index (χ1) is 34.8. The van der Waals surface area contributed by atoms with Crippen molar-refractivity contribution >= 4 is 34.8 Å². The summed E-state index contributed by atoms with van der Waals surface area (Å²) in [5.41, 5.74) is 6.05. The SMILES string of the molecule is CC(C)(C)OC(=O)NC(C)(C)C(=O)N[C@H](COCc1ccccc1)c1nnc2n1CCNC2.CC(C)(N)C(=O)N[C@H](COCc1ccccc1)c1nnc2n1CCN(C(=O)OCc1ccc3ccccc3c1)C2. The number of fused-ring (bicyclic) bond motifs is 3. The number of benzene rings is 4. The standard InChI is InChI=1S/C30H34N6O4.C23H34N6O4/c1-30(2,31)28(37)32-25(20-39-18-21-8-4-3-5-9-21)27-34-33-26-17-35(14-15-36(26)27)29(38)40-19-22-12-13-23-10-6-7-11-24(23)16-22;1-22(2,3)33-21(31)26-23(4,5)20(30)25-17(15-32-14-16-9-7-6-8-10-16)19-28-27-18-13-24-11-12-29(18)19/h3-13,16,25H,14-15,17-20,31H2,1-2H3,(H,32,37);6-10,17,24H,11-15H2,1-5H3,(H,25,30)(H,26,31)/t25-;17-/m11/s1. The summed E-state index contributed by atoms with van der Waals surface area (Å²) in [5, 5.41) is 31.4. The van der Waals surface area contributed by atoms with Crippen molar-refractivity contribution in [2.75, 3.05) is 26.3 Å². The van der Waals surface area contributed by atoms with E-state index in [1.807, 2.05) is 112 Å². The maximum atomic E-state index is 13.2. The lowest BCUT2D eigenvalue weighted by Gasteiger charge is -2.30. The lowest BCUT2D eigenvalue weighted by molar-refractivity contribution is -0.128. The number of ether oxygens (including phenoxy) is 4. The van der Waals surface area contributed by atoms with Gasteiger partial charge in [0, 0.05) is 26.2 Å². The van der Waals surface area contributed by atoms with Crippen LogP contribution in [-0.2, 0) is 74.5 Å². The zero-order valence-corrected chi connectivity index (χ0v) is 42.7. The average Bonchev–Trinajstić information content (AvgIpc) is 3.99. The van der Waals surface area contributed by atoms with Crippen molar-refractivity contribution in [1.29, 1.82) is 0 Å². The molecule has 20 heteroatoms. The van der Waals surface area contributed by atoms with Gasteiger partial charge >= 0.3 is 12.2 Å². The Balaban J connectivity index is 0.000000218. The monoisotopic (exact) mass is 1000 g/mol. The topological polar surface area (TPSA) is 244 Å². The minimum absolute atomic E-state index is 0.180. The molecular weight excluding hydrogens is 933 g/mol. The van der Waals surface area contributed by atoms with Crippen LogP contribution in [0.25, 0.3) is 10.8 Å². The van der Waals surface area contributed by atoms with Crippen molar-refractivity contribution in [1.82, 2.24) is 55.7 Å². The smallest absolute Gasteiger partial charge is 0.410 e. The average molecular weight is 1000 g/mol. The molecule has 4 amide bonds. The predicted molar refractivity (Wildman–Crippen MR) is 272 cm³/mol. The minimum atomic E-state index is -1.22. The zero-order valence-electron chi connectivity index (χ0n) is 42.7. The number of aromatic nitrogens is 6. The van der Waals surface area contributed by atoms with Crippen LogP contribution >= 0.6 is 0 Å². The van der Waals surface area contributed by atoms with E-state index in [0.29, 0.717) is 56.9 Å². The van der Waals surface area contributed by atoms with Crippen molar-refractivity contribution in [2.45, 2.75) is 123 Å². The molecule has 2 aliphatic heterocycles. The van der Waals surface area contributed by atoms with Crippen molar-refractivity contribution in [3.8, 4) is 0 Å². The Morgan fingerprint density at radius 2 is 1.21 bits per heavy atom. The Morgan fingerprint density at radius 3 is 1.81 bits per heavy atom. The van der Waals surface area contributed by atoms with Crippen molar-refractivity contribution < 1.29 is 38.1 Å². The normalized spacial score (nSPS) is 14.4. The van der Waals surface area contributed by atoms with Gasteiger partial charge in [0.2, 0.25) is 11.8 Å². The Hall–Kier alpha value is -7.26. The van der Waals surface area contributed by atoms with E-state index in [-0.39, 0.29) is 38.2 Å². The Labute approximate surface area is 425 Å². The van der Waals surface area contributed by atoms with Gasteiger partial charge in [-0.15, -0.1) is 20.4 Å². The van der Waals surface area contributed by atoms with Crippen LogP contribution in [0.5, 0.6) is 0 Å². The molecule has 0 saturated heterocycles. The number of alkyl carbamates (subject to hydrolysis) is 1. The molecule has 2 atom stereocenters. The molecule has 8 rings (SSSR count). The van der Waals surface area contributed by atoms with Gasteiger partial charge in [-0.25, -0.2) is 9.59 Å². The van der Waals surface area contributed by atoms with E-state index in [0.717, 1.165) is 39.8 Å². The number of nitrogens with one attached hydrogen (secondary N) is 4. The van der Waals surface area contributed by atoms with Crippen molar-refractivity contribution in [2.24, 2.45) is 5.73 Å². The van der Waals surface area contributed by atoms with Gasteiger partial charge in [0.25, 0.3) is 0 Å². The van der Waals surface area contributed by atoms with Gasteiger partial charge in [0.15, 0.2) is 17.5 Å². The first-order valence-electron chi connectivity index (χ1n) is 24.4. The third kappa shape index (κ3) is 15.1. The highest BCUT2D eigenvalue weighted by atomic mass is 16.6. The number of amides is 4. The maximum Gasteiger partial charge on any atom is 0.410 e. The third-order valence-corrected chi connectivity index (χ3v) is 11.9. The number of hydrogen-bond acceptors (Lipinski definition) is 14. The van der Waals surface area contributed by atoms with E-state index in [4.69, 9.17) is 24.7 Å². The van der Waals surface area contributed by atoms with Crippen molar-refractivity contribution in [3.63, 3.8) is 0 Å². The molecule has 6 N–H and O–H groups in total. The molecule has 0 bridgehead atoms. The first-order valence-corrected chi connectivity index (χ1v) is 24.4. The second-order valence-electron chi connectivity index (χ2n) is 20.1. The highest BCUT2D eigenvalue weighted by molar-refractivity contribution is 5.89. The lowest BCUT2D eigenvalue weighted by Crippen LogP contribution is -2.56. The molecule has 20 nitrogen and oxygen atoms in total. The molecule has 0 aliphatic carbocycles. The van der Waals surface area contributed by atoms with E-state index in [9.17, 15) is 19.2 Å². The van der Waals surface area contributed by atoms with Crippen LogP contribution in [0.2, 0.25) is 0 Å². The van der Waals surface area contributed by atoms with Gasteiger partial charge in [-0.2, -0.15) is 0 Å². The number of carbonyl (C=O) groups excluding carboxylic acids is 4. The molecule has 2 aliphatic rings. The van der Waals surface area contributed by atoms with Gasteiger partial charge in [0.05, 0.1) is 45.1 Å². The Bertz CT molecular complexity index is 2800. The Morgan fingerprint density at radius 1 is 0.644 bits per heavy atom. The zero-order chi connectivity index (χ0) is 52.2. The minimum Gasteiger partial charge on any atom is -0.445 e. The molecule has 0 radical (unpaired) electrons. The summed E-state index contributed by atoms with van der Waals surface area (Å²) in [6.45, 7) is 16.4. The van der Waals surface area contributed by atoms with Gasteiger partial charge in [0.1, 0.15) is 35.7 Å². The fourth-order valence-electron chi connectivity index (χ4n) is 7.93. The number of nitrogens with two attached hydrogens (primary N) is 1. The van der Waals surface area contributed by atoms with Gasteiger partial charge in [-0.3, -0.25) is 14.5 Å². The molecule has 0 unspecified atom stereocenters. The van der Waals surface area contributed by atoms with Crippen molar-refractivity contribution in [3.05, 3.63) is 143 Å². The highest BCUT2D eigenvalue weighted by Crippen LogP contribution is 2.23. The van der Waals surface area contributed by atoms with Crippen LogP contribution < -0.4 is 27.0 Å². The Kier molecular flexibility index (Phi) is 17.6. The molecular formula is C53H68N12O8. The van der Waals surface area contributed by atoms with E-state index in [1.54, 1.807) is 53.4 Å². The summed E-state index contributed by atoms with van der Waals surface area (Å²) in [5.74, 6) is 1.90. The molecule has 0 spiro atoms. The summed E-state index contributed by atoms with van der Waals surface area (Å²) in [6.07, 6.45) is -1.07. The van der Waals surface area contributed by atoms with Gasteiger partial charge in [-0.1, -0.05) is 97.1 Å². The van der Waals surface area contributed by atoms with Crippen LogP contribution in [0.15, 0.2) is 103 Å². The van der Waals surface area contributed by atoms with Crippen LogP contribution in [0.4, 0.5) is 9.59 Å². The van der Waals surface area contributed by atoms with Gasteiger partial charge < -0.3 is 55.1 Å². The number of rotatable bonds is 17. The van der Waals surface area contributed by atoms with Crippen LogP contribution in [0.1, 0.15) is 101 Å². The second kappa shape index (κ2) is 24.0. The van der Waals surface area contributed by atoms with E-state index < -0.39 is 40.9 Å². The molecule has 388 valence electrons. The van der Waals surface area contributed by atoms with Crippen LogP contribution in [-0.4, -0.2) is 101 Å². The fraction of sp³-hybridized carbons (Fsp3) is 0.434. The molecule has 4 aromatic carbocycles. The predicted octanol–water partition coefficient (Wildman–Crippen LogP) is 5.75. The number of nitrogens with zero attached hydrogens (tertiary/aromatic N) is 7. The largest absolute Gasteiger partial charge is 0.445 e. The van der Waals surface area contributed by atoms with Crippen LogP contribution in [0.3, 0.4) is 0 Å². The second-order valence-corrected chi connectivity index (χ2v) is 20.1. The molecule has 6 aromatic rings. The summed E-state index contributed by atoms with van der Waals surface area (Å²) in [4.78, 5) is 52.6. The van der Waals surface area contributed by atoms with E-state index >= 15 is 0 Å². The van der Waals surface area contributed by atoms with Gasteiger partial charge in [-0.05, 0) is 82.0 Å². The van der Waals surface area contributed by atoms with E-state index in [1.165, 1.54) is 0 Å². The lowest BCUT2D eigenvalue weighted by atomic mass is 10.0. The molecule has 2 aromatic heterocycles. The fourth-order valence-corrected chi connectivity index (χ4v) is 7.93. The number of hydrogen-bond donors (Lipinski definition) is 5. The van der Waals surface area contributed by atoms with Crippen LogP contribution in [0, 0.1) is 0 Å². The summed E-state index contributed by atoms with van der Waals surface area (Å²) < 4.78 is 26.7. The number of carbonyl (C=O) groups is 4. The summed E-state index contributed by atoms with van der Waals surface area (Å²) in [7, 11) is 0. The quantitative estimate of drug-likeness (QED) is 0.0731.